The van der Waals surface area contributed by atoms with Crippen LogP contribution >= 0.6 is 0 Å². The Morgan fingerprint density at radius 3 is 2.32 bits per heavy atom. The van der Waals surface area contributed by atoms with Gasteiger partial charge in [-0.15, -0.1) is 0 Å². The molecule has 0 unspecified atom stereocenters. The molecule has 0 radical (unpaired) electrons. The number of nitrogens with zero attached hydrogens (tertiary/aromatic N) is 1. The van der Waals surface area contributed by atoms with E-state index < -0.39 is 10.0 Å². The lowest BCUT2D eigenvalue weighted by atomic mass is 9.87. The van der Waals surface area contributed by atoms with Gasteiger partial charge in [0, 0.05) is 19.0 Å². The highest BCUT2D eigenvalue weighted by atomic mass is 32.2. The summed E-state index contributed by atoms with van der Waals surface area (Å²) in [5.74, 6) is -0.0813. The number of hydrogen-bond donors (Lipinski definition) is 1. The molecule has 4 rings (SSSR count). The molecule has 1 atom stereocenters. The van der Waals surface area contributed by atoms with Crippen LogP contribution in [0.15, 0.2) is 41.3 Å². The number of amides is 1. The summed E-state index contributed by atoms with van der Waals surface area (Å²) in [5.41, 5.74) is 5.19. The van der Waals surface area contributed by atoms with Crippen LogP contribution in [-0.4, -0.2) is 31.7 Å². The molecule has 1 amide bonds. The van der Waals surface area contributed by atoms with E-state index in [1.807, 2.05) is 39.0 Å². The van der Waals surface area contributed by atoms with Crippen molar-refractivity contribution in [2.45, 2.75) is 63.8 Å². The number of aryl methyl sites for hydroxylation is 4. The predicted molar refractivity (Wildman–Crippen MR) is 122 cm³/mol. The average molecular weight is 441 g/mol. The molecule has 2 aliphatic rings. The molecule has 0 bridgehead atoms. The first-order valence-corrected chi connectivity index (χ1v) is 12.7. The van der Waals surface area contributed by atoms with Crippen LogP contribution < -0.4 is 5.32 Å². The molecular weight excluding hydrogens is 408 g/mol. The Bertz CT molecular complexity index is 1060. The number of nitrogens with one attached hydrogen (secondary N) is 1. The third-order valence-corrected chi connectivity index (χ3v) is 8.92. The summed E-state index contributed by atoms with van der Waals surface area (Å²) >= 11 is 0. The second kappa shape index (κ2) is 8.75. The fourth-order valence-corrected chi connectivity index (χ4v) is 7.14. The number of fused-ring (bicyclic) bond motifs is 1. The molecule has 0 saturated carbocycles. The number of hydrogen-bond acceptors (Lipinski definition) is 3. The van der Waals surface area contributed by atoms with E-state index in [1.54, 1.807) is 4.31 Å². The molecule has 1 aliphatic carbocycles. The Morgan fingerprint density at radius 1 is 1.00 bits per heavy atom. The number of piperidine rings is 1. The molecule has 1 fully saturated rings. The van der Waals surface area contributed by atoms with Crippen LogP contribution in [0.1, 0.15) is 59.5 Å². The highest BCUT2D eigenvalue weighted by Gasteiger charge is 2.34. The second-order valence-corrected chi connectivity index (χ2v) is 10.9. The van der Waals surface area contributed by atoms with Crippen LogP contribution in [0.5, 0.6) is 0 Å². The zero-order valence-electron chi connectivity index (χ0n) is 18.6. The summed E-state index contributed by atoms with van der Waals surface area (Å²) in [6.45, 7) is 6.46. The molecular formula is C25H32N2O3S. The molecule has 6 heteroatoms. The molecule has 0 aromatic heterocycles. The summed E-state index contributed by atoms with van der Waals surface area (Å²) in [5, 5.41) is 3.25. The Kier molecular flexibility index (Phi) is 6.22. The standard InChI is InChI=1S/C25H32N2O3S/c1-17-15-18(2)24(19(3)16-17)31(29,30)27-13-11-21(12-14-27)25(28)26-23-10-6-8-20-7-4-5-9-22(20)23/h4-5,7,9,15-16,21,23H,6,8,10-14H2,1-3H3,(H,26,28)/t23-/m0/s1. The normalized spacial score (nSPS) is 20.3. The molecule has 0 spiro atoms. The van der Waals surface area contributed by atoms with Gasteiger partial charge in [-0.05, 0) is 75.1 Å². The first-order valence-electron chi connectivity index (χ1n) is 11.2. The zero-order valence-corrected chi connectivity index (χ0v) is 19.5. The Morgan fingerprint density at radius 2 is 1.65 bits per heavy atom. The van der Waals surface area contributed by atoms with E-state index in [2.05, 4.69) is 23.5 Å². The number of sulfonamides is 1. The van der Waals surface area contributed by atoms with Gasteiger partial charge in [-0.2, -0.15) is 4.31 Å². The molecule has 2 aromatic rings. The quantitative estimate of drug-likeness (QED) is 0.775. The highest BCUT2D eigenvalue weighted by Crippen LogP contribution is 2.32. The maximum absolute atomic E-state index is 13.3. The lowest BCUT2D eigenvalue weighted by Crippen LogP contribution is -2.44. The van der Waals surface area contributed by atoms with Crippen LogP contribution in [0.2, 0.25) is 0 Å². The van der Waals surface area contributed by atoms with Crippen molar-refractivity contribution in [3.8, 4) is 0 Å². The molecule has 1 heterocycles. The van der Waals surface area contributed by atoms with Crippen molar-refractivity contribution >= 4 is 15.9 Å². The van der Waals surface area contributed by atoms with E-state index in [9.17, 15) is 13.2 Å². The maximum atomic E-state index is 13.3. The SMILES string of the molecule is Cc1cc(C)c(S(=O)(=O)N2CCC(C(=O)N[C@H]3CCCc4ccccc43)CC2)c(C)c1. The van der Waals surface area contributed by atoms with Gasteiger partial charge in [0.1, 0.15) is 0 Å². The van der Waals surface area contributed by atoms with Gasteiger partial charge in [0.2, 0.25) is 15.9 Å². The number of benzene rings is 2. The Labute approximate surface area is 185 Å². The third kappa shape index (κ3) is 4.41. The van der Waals surface area contributed by atoms with Gasteiger partial charge < -0.3 is 5.32 Å². The molecule has 2 aromatic carbocycles. The van der Waals surface area contributed by atoms with Gasteiger partial charge in [0.15, 0.2) is 0 Å². The summed E-state index contributed by atoms with van der Waals surface area (Å²) in [4.78, 5) is 13.4. The molecule has 31 heavy (non-hydrogen) atoms. The van der Waals surface area contributed by atoms with Gasteiger partial charge in [0.25, 0.3) is 0 Å². The third-order valence-electron chi connectivity index (χ3n) is 6.71. The molecule has 5 nitrogen and oxygen atoms in total. The maximum Gasteiger partial charge on any atom is 0.243 e. The lowest BCUT2D eigenvalue weighted by Gasteiger charge is -2.33. The van der Waals surface area contributed by atoms with E-state index in [1.165, 1.54) is 11.1 Å². The van der Waals surface area contributed by atoms with Crippen LogP contribution in [0.25, 0.3) is 0 Å². The predicted octanol–water partition coefficient (Wildman–Crippen LogP) is 4.21. The van der Waals surface area contributed by atoms with Crippen molar-refractivity contribution in [1.29, 1.82) is 0 Å². The molecule has 1 aliphatic heterocycles. The van der Waals surface area contributed by atoms with Gasteiger partial charge in [-0.3, -0.25) is 4.79 Å². The topological polar surface area (TPSA) is 66.5 Å². The fourth-order valence-electron chi connectivity index (χ4n) is 5.25. The average Bonchev–Trinajstić information content (AvgIpc) is 2.73. The van der Waals surface area contributed by atoms with Crippen molar-refractivity contribution in [2.24, 2.45) is 5.92 Å². The summed E-state index contributed by atoms with van der Waals surface area (Å²) in [6.07, 6.45) is 4.22. The van der Waals surface area contributed by atoms with E-state index in [0.717, 1.165) is 36.0 Å². The number of carbonyl (C=O) groups excluding carboxylic acids is 1. The first-order chi connectivity index (χ1) is 14.8. The van der Waals surface area contributed by atoms with E-state index in [-0.39, 0.29) is 17.9 Å². The van der Waals surface area contributed by atoms with Crippen molar-refractivity contribution in [3.05, 3.63) is 64.2 Å². The number of rotatable bonds is 4. The fraction of sp³-hybridized carbons (Fsp3) is 0.480. The minimum Gasteiger partial charge on any atom is -0.349 e. The molecule has 166 valence electrons. The minimum absolute atomic E-state index is 0.0569. The largest absolute Gasteiger partial charge is 0.349 e. The highest BCUT2D eigenvalue weighted by molar-refractivity contribution is 7.89. The number of carbonyl (C=O) groups is 1. The van der Waals surface area contributed by atoms with E-state index >= 15 is 0 Å². The monoisotopic (exact) mass is 440 g/mol. The van der Waals surface area contributed by atoms with Crippen LogP contribution in [0, 0.1) is 26.7 Å². The smallest absolute Gasteiger partial charge is 0.243 e. The van der Waals surface area contributed by atoms with Crippen LogP contribution in [0.3, 0.4) is 0 Å². The summed E-state index contributed by atoms with van der Waals surface area (Å²) in [7, 11) is -3.55. The molecule has 1 saturated heterocycles. The van der Waals surface area contributed by atoms with Crippen molar-refractivity contribution in [1.82, 2.24) is 9.62 Å². The zero-order chi connectivity index (χ0) is 22.2. The van der Waals surface area contributed by atoms with Gasteiger partial charge >= 0.3 is 0 Å². The summed E-state index contributed by atoms with van der Waals surface area (Å²) in [6, 6.07) is 12.2. The van der Waals surface area contributed by atoms with Gasteiger partial charge in [0.05, 0.1) is 10.9 Å². The summed E-state index contributed by atoms with van der Waals surface area (Å²) < 4.78 is 28.1. The Hall–Kier alpha value is -2.18. The molecule has 1 N–H and O–H groups in total. The van der Waals surface area contributed by atoms with Crippen LogP contribution in [0.4, 0.5) is 0 Å². The van der Waals surface area contributed by atoms with E-state index in [0.29, 0.717) is 30.8 Å². The van der Waals surface area contributed by atoms with Crippen molar-refractivity contribution in [3.63, 3.8) is 0 Å². The van der Waals surface area contributed by atoms with Gasteiger partial charge in [-0.1, -0.05) is 42.0 Å². The first kappa shape index (κ1) is 22.0. The van der Waals surface area contributed by atoms with Crippen molar-refractivity contribution < 1.29 is 13.2 Å². The van der Waals surface area contributed by atoms with Crippen LogP contribution in [-0.2, 0) is 21.2 Å². The van der Waals surface area contributed by atoms with Gasteiger partial charge in [-0.25, -0.2) is 8.42 Å². The van der Waals surface area contributed by atoms with Crippen molar-refractivity contribution in [2.75, 3.05) is 13.1 Å². The second-order valence-electron chi connectivity index (χ2n) is 9.06. The lowest BCUT2D eigenvalue weighted by molar-refractivity contribution is -0.127. The van der Waals surface area contributed by atoms with E-state index in [4.69, 9.17) is 0 Å². The Balaban J connectivity index is 1.42. The minimum atomic E-state index is -3.55.